The Morgan fingerprint density at radius 3 is 2.84 bits per heavy atom. The average Bonchev–Trinajstić information content (AvgIpc) is 3.43. The van der Waals surface area contributed by atoms with Crippen molar-refractivity contribution in [2.45, 2.75) is 20.1 Å². The van der Waals surface area contributed by atoms with Crippen LogP contribution >= 0.6 is 0 Å². The van der Waals surface area contributed by atoms with Crippen molar-refractivity contribution in [3.8, 4) is 28.5 Å². The van der Waals surface area contributed by atoms with Crippen molar-refractivity contribution < 1.29 is 18.8 Å². The molecule has 10 heteroatoms. The molecule has 32 heavy (non-hydrogen) atoms. The second-order valence-electron chi connectivity index (χ2n) is 7.16. The summed E-state index contributed by atoms with van der Waals surface area (Å²) in [6, 6.07) is 9.36. The number of carbonyl (C=O) groups is 1. The second kappa shape index (κ2) is 8.23. The molecule has 0 radical (unpaired) electrons. The molecule has 1 N–H and O–H groups in total. The third kappa shape index (κ3) is 3.50. The molecule has 162 valence electrons. The lowest BCUT2D eigenvalue weighted by Crippen LogP contribution is -2.18. The van der Waals surface area contributed by atoms with Crippen LogP contribution in [-0.4, -0.2) is 44.3 Å². The zero-order chi connectivity index (χ0) is 22.1. The van der Waals surface area contributed by atoms with Gasteiger partial charge in [0, 0.05) is 12.1 Å². The first-order chi connectivity index (χ1) is 15.7. The fraction of sp³-hybridized carbons (Fsp3) is 0.227. The highest BCUT2D eigenvalue weighted by molar-refractivity contribution is 6.08. The first kappa shape index (κ1) is 19.9. The minimum absolute atomic E-state index is 0.189. The van der Waals surface area contributed by atoms with Crippen molar-refractivity contribution in [3.63, 3.8) is 0 Å². The van der Waals surface area contributed by atoms with Crippen LogP contribution in [0.2, 0.25) is 0 Å². The summed E-state index contributed by atoms with van der Waals surface area (Å²) in [5, 5.41) is 6.83. The number of rotatable bonds is 5. The Morgan fingerprint density at radius 1 is 1.19 bits per heavy atom. The number of aryl methyl sites for hydroxylation is 1. The summed E-state index contributed by atoms with van der Waals surface area (Å²) in [5.41, 5.74) is 2.96. The standard InChI is InChI=1S/C22H20N6O4/c1-13-18(19(27-32-13)14-6-4-3-5-7-14)21(29)26-20-22(30-2)25-15(10-24-20)16-11-23-17-12-31-9-8-28(16)17/h3-7,10-11H,8-9,12H2,1-2H3,(H,24,26,29). The highest BCUT2D eigenvalue weighted by atomic mass is 16.5. The monoisotopic (exact) mass is 432 g/mol. The molecule has 1 aliphatic rings. The number of nitrogens with one attached hydrogen (secondary N) is 1. The topological polar surface area (TPSA) is 117 Å². The molecule has 0 saturated carbocycles. The van der Waals surface area contributed by atoms with Gasteiger partial charge in [-0.3, -0.25) is 4.79 Å². The van der Waals surface area contributed by atoms with Crippen LogP contribution < -0.4 is 10.1 Å². The fourth-order valence-corrected chi connectivity index (χ4v) is 3.63. The molecule has 0 spiro atoms. The number of hydrogen-bond acceptors (Lipinski definition) is 8. The third-order valence-electron chi connectivity index (χ3n) is 5.19. The van der Waals surface area contributed by atoms with Crippen molar-refractivity contribution in [2.24, 2.45) is 0 Å². The highest BCUT2D eigenvalue weighted by Crippen LogP contribution is 2.29. The lowest BCUT2D eigenvalue weighted by Gasteiger charge is -2.17. The van der Waals surface area contributed by atoms with Gasteiger partial charge in [0.1, 0.15) is 35.1 Å². The Bertz CT molecular complexity index is 1280. The molecule has 1 aromatic carbocycles. The number of imidazole rings is 1. The molecular weight excluding hydrogens is 412 g/mol. The van der Waals surface area contributed by atoms with E-state index < -0.39 is 5.91 Å². The van der Waals surface area contributed by atoms with Gasteiger partial charge in [0.25, 0.3) is 11.8 Å². The first-order valence-corrected chi connectivity index (χ1v) is 10.0. The van der Waals surface area contributed by atoms with Crippen LogP contribution in [0.15, 0.2) is 47.2 Å². The summed E-state index contributed by atoms with van der Waals surface area (Å²) in [4.78, 5) is 26.4. The molecule has 0 atom stereocenters. The predicted octanol–water partition coefficient (Wildman–Crippen LogP) is 3.09. The van der Waals surface area contributed by atoms with Crippen LogP contribution in [0.3, 0.4) is 0 Å². The maximum Gasteiger partial charge on any atom is 0.262 e. The lowest BCUT2D eigenvalue weighted by atomic mass is 10.1. The van der Waals surface area contributed by atoms with Crippen molar-refractivity contribution in [2.75, 3.05) is 19.0 Å². The van der Waals surface area contributed by atoms with E-state index in [1.165, 1.54) is 7.11 Å². The van der Waals surface area contributed by atoms with Crippen LogP contribution in [0.25, 0.3) is 22.6 Å². The van der Waals surface area contributed by atoms with Gasteiger partial charge in [-0.05, 0) is 6.92 Å². The van der Waals surface area contributed by atoms with Gasteiger partial charge in [-0.2, -0.15) is 0 Å². The highest BCUT2D eigenvalue weighted by Gasteiger charge is 2.24. The van der Waals surface area contributed by atoms with Crippen LogP contribution in [0.1, 0.15) is 21.9 Å². The molecule has 1 amide bonds. The Kier molecular flexibility index (Phi) is 5.12. The van der Waals surface area contributed by atoms with E-state index in [9.17, 15) is 4.79 Å². The number of aromatic nitrogens is 5. The van der Waals surface area contributed by atoms with E-state index in [4.69, 9.17) is 14.0 Å². The van der Waals surface area contributed by atoms with E-state index >= 15 is 0 Å². The maximum absolute atomic E-state index is 13.1. The van der Waals surface area contributed by atoms with E-state index in [1.807, 2.05) is 34.9 Å². The van der Waals surface area contributed by atoms with Gasteiger partial charge in [0.05, 0.1) is 31.8 Å². The second-order valence-corrected chi connectivity index (χ2v) is 7.16. The van der Waals surface area contributed by atoms with Crippen LogP contribution in [0, 0.1) is 6.92 Å². The molecule has 1 aliphatic heterocycles. The number of anilines is 1. The average molecular weight is 432 g/mol. The fourth-order valence-electron chi connectivity index (χ4n) is 3.63. The number of hydrogen-bond donors (Lipinski definition) is 1. The van der Waals surface area contributed by atoms with E-state index in [1.54, 1.807) is 19.3 Å². The molecule has 0 aliphatic carbocycles. The van der Waals surface area contributed by atoms with Gasteiger partial charge in [0.15, 0.2) is 5.82 Å². The summed E-state index contributed by atoms with van der Waals surface area (Å²) in [5.74, 6) is 1.21. The molecule has 4 heterocycles. The molecule has 10 nitrogen and oxygen atoms in total. The minimum atomic E-state index is -0.415. The molecule has 0 fully saturated rings. The lowest BCUT2D eigenvalue weighted by molar-refractivity contribution is 0.0821. The van der Waals surface area contributed by atoms with E-state index in [0.717, 1.165) is 17.1 Å². The molecule has 0 saturated heterocycles. The summed E-state index contributed by atoms with van der Waals surface area (Å²) in [7, 11) is 1.48. The molecule has 0 bridgehead atoms. The Morgan fingerprint density at radius 2 is 2.03 bits per heavy atom. The van der Waals surface area contributed by atoms with E-state index in [-0.39, 0.29) is 11.7 Å². The van der Waals surface area contributed by atoms with Gasteiger partial charge in [0.2, 0.25) is 0 Å². The molecule has 3 aromatic heterocycles. The van der Waals surface area contributed by atoms with E-state index in [0.29, 0.717) is 42.5 Å². The number of fused-ring (bicyclic) bond motifs is 1. The van der Waals surface area contributed by atoms with Crippen molar-refractivity contribution in [3.05, 3.63) is 59.9 Å². The smallest absolute Gasteiger partial charge is 0.262 e. The van der Waals surface area contributed by atoms with Crippen molar-refractivity contribution in [1.82, 2.24) is 24.7 Å². The summed E-state index contributed by atoms with van der Waals surface area (Å²) >= 11 is 0. The van der Waals surface area contributed by atoms with Gasteiger partial charge in [-0.25, -0.2) is 15.0 Å². The van der Waals surface area contributed by atoms with Gasteiger partial charge in [-0.15, -0.1) is 0 Å². The van der Waals surface area contributed by atoms with E-state index in [2.05, 4.69) is 25.4 Å². The zero-order valence-corrected chi connectivity index (χ0v) is 17.5. The maximum atomic E-state index is 13.1. The van der Waals surface area contributed by atoms with Crippen LogP contribution in [0.5, 0.6) is 5.88 Å². The summed E-state index contributed by atoms with van der Waals surface area (Å²) in [6.07, 6.45) is 3.31. The Hall–Kier alpha value is -4.05. The number of amides is 1. The summed E-state index contributed by atoms with van der Waals surface area (Å²) < 4.78 is 18.2. The third-order valence-corrected chi connectivity index (χ3v) is 5.19. The SMILES string of the molecule is COc1nc(-c2cnc3n2CCOC3)cnc1NC(=O)c1c(-c2ccccc2)noc1C. The normalized spacial score (nSPS) is 12.9. The molecule has 4 aromatic rings. The number of methoxy groups -OCH3 is 1. The number of carbonyl (C=O) groups excluding carboxylic acids is 1. The number of nitrogens with zero attached hydrogens (tertiary/aromatic N) is 5. The van der Waals surface area contributed by atoms with Crippen LogP contribution in [-0.2, 0) is 17.9 Å². The van der Waals surface area contributed by atoms with Gasteiger partial charge < -0.3 is 23.9 Å². The first-order valence-electron chi connectivity index (χ1n) is 10.0. The van der Waals surface area contributed by atoms with Gasteiger partial charge in [-0.1, -0.05) is 35.5 Å². The molecule has 5 rings (SSSR count). The zero-order valence-electron chi connectivity index (χ0n) is 17.5. The summed E-state index contributed by atoms with van der Waals surface area (Å²) in [6.45, 7) is 3.44. The Labute approximate surface area is 183 Å². The molecule has 0 unspecified atom stereocenters. The van der Waals surface area contributed by atoms with Crippen LogP contribution in [0.4, 0.5) is 5.82 Å². The molecular formula is C22H20N6O4. The number of benzene rings is 1. The Balaban J connectivity index is 1.45. The van der Waals surface area contributed by atoms with Crippen molar-refractivity contribution >= 4 is 11.7 Å². The minimum Gasteiger partial charge on any atom is -0.478 e. The predicted molar refractivity (Wildman–Crippen MR) is 114 cm³/mol. The van der Waals surface area contributed by atoms with Gasteiger partial charge >= 0.3 is 0 Å². The largest absolute Gasteiger partial charge is 0.478 e. The number of ether oxygens (including phenoxy) is 2. The quantitative estimate of drug-likeness (QED) is 0.511. The van der Waals surface area contributed by atoms with Crippen molar-refractivity contribution in [1.29, 1.82) is 0 Å².